The number of alkyl halides is 3. The summed E-state index contributed by atoms with van der Waals surface area (Å²) >= 11 is 0. The van der Waals surface area contributed by atoms with Gasteiger partial charge in [-0.25, -0.2) is 4.39 Å². The number of rotatable bonds is 5. The summed E-state index contributed by atoms with van der Waals surface area (Å²) in [6.45, 7) is -0.815. The van der Waals surface area contributed by atoms with E-state index in [0.717, 1.165) is 18.2 Å². The van der Waals surface area contributed by atoms with Crippen molar-refractivity contribution in [2.45, 2.75) is 29.9 Å². The van der Waals surface area contributed by atoms with E-state index in [9.17, 15) is 36.1 Å². The van der Waals surface area contributed by atoms with Gasteiger partial charge in [0.25, 0.3) is 0 Å². The average molecular weight is 417 g/mol. The van der Waals surface area contributed by atoms with E-state index in [1.807, 2.05) is 0 Å². The Labute approximate surface area is 149 Å². The highest BCUT2D eigenvalue weighted by Gasteiger charge is 2.55. The molecule has 27 heavy (non-hydrogen) atoms. The van der Waals surface area contributed by atoms with Crippen LogP contribution >= 0.6 is 0 Å². The summed E-state index contributed by atoms with van der Waals surface area (Å²) < 4.78 is 92.8. The van der Waals surface area contributed by atoms with Crippen LogP contribution in [0.3, 0.4) is 0 Å². The van der Waals surface area contributed by atoms with Crippen molar-refractivity contribution >= 4 is 15.8 Å². The van der Waals surface area contributed by atoms with Crippen LogP contribution in [0.5, 0.6) is 5.75 Å². The minimum atomic E-state index is -5.86. The van der Waals surface area contributed by atoms with Crippen LogP contribution in [0.2, 0.25) is 0 Å². The molecule has 2 aliphatic heterocycles. The van der Waals surface area contributed by atoms with Crippen LogP contribution in [-0.4, -0.2) is 56.5 Å². The van der Waals surface area contributed by atoms with Crippen molar-refractivity contribution in [2.75, 3.05) is 13.2 Å². The van der Waals surface area contributed by atoms with E-state index in [1.54, 1.807) is 0 Å². The van der Waals surface area contributed by atoms with Crippen molar-refractivity contribution in [3.8, 4) is 5.75 Å². The van der Waals surface area contributed by atoms with Crippen molar-refractivity contribution in [3.05, 3.63) is 34.1 Å². The molecule has 0 spiro atoms. The lowest BCUT2D eigenvalue weighted by Gasteiger charge is -2.18. The van der Waals surface area contributed by atoms with E-state index >= 15 is 0 Å². The minimum absolute atomic E-state index is 0.283. The van der Waals surface area contributed by atoms with E-state index in [2.05, 4.69) is 4.18 Å². The maximum Gasteiger partial charge on any atom is 0.523 e. The number of nitro groups is 1. The van der Waals surface area contributed by atoms with E-state index < -0.39 is 68.8 Å². The molecule has 0 aromatic heterocycles. The van der Waals surface area contributed by atoms with Gasteiger partial charge in [-0.1, -0.05) is 0 Å². The summed E-state index contributed by atoms with van der Waals surface area (Å²) in [5.74, 6) is -1.24. The molecule has 1 aromatic rings. The van der Waals surface area contributed by atoms with Crippen molar-refractivity contribution in [2.24, 2.45) is 0 Å². The molecule has 2 saturated heterocycles. The second-order valence-electron chi connectivity index (χ2n) is 5.66. The predicted molar refractivity (Wildman–Crippen MR) is 76.8 cm³/mol. The largest absolute Gasteiger partial charge is 0.523 e. The molecule has 2 aliphatic rings. The lowest BCUT2D eigenvalue weighted by molar-refractivity contribution is -0.386. The lowest BCUT2D eigenvalue weighted by Crippen LogP contribution is -2.38. The zero-order valence-electron chi connectivity index (χ0n) is 13.1. The topological polar surface area (TPSA) is 114 Å². The van der Waals surface area contributed by atoms with Crippen LogP contribution in [0.25, 0.3) is 0 Å². The zero-order chi connectivity index (χ0) is 20.0. The van der Waals surface area contributed by atoms with Gasteiger partial charge < -0.3 is 14.2 Å². The number of benzene rings is 1. The maximum absolute atomic E-state index is 13.4. The van der Waals surface area contributed by atoms with Crippen LogP contribution in [0, 0.1) is 15.9 Å². The highest BCUT2D eigenvalue weighted by molar-refractivity contribution is 7.87. The maximum atomic E-state index is 13.4. The number of ether oxygens (including phenoxy) is 3. The number of halogens is 4. The Bertz CT molecular complexity index is 845. The lowest BCUT2D eigenvalue weighted by atomic mass is 10.1. The fraction of sp³-hybridized carbons (Fsp3) is 0.538. The third kappa shape index (κ3) is 3.83. The molecule has 9 nitrogen and oxygen atoms in total. The van der Waals surface area contributed by atoms with Crippen LogP contribution in [0.4, 0.5) is 23.2 Å². The Balaban J connectivity index is 1.73. The van der Waals surface area contributed by atoms with Gasteiger partial charge in [0.15, 0.2) is 11.9 Å². The molecule has 0 aliphatic carbocycles. The summed E-state index contributed by atoms with van der Waals surface area (Å²) in [6, 6.07) is 2.51. The molecule has 2 heterocycles. The predicted octanol–water partition coefficient (Wildman–Crippen LogP) is 1.51. The smallest absolute Gasteiger partial charge is 0.478 e. The number of nitro benzene ring substituents is 1. The summed E-state index contributed by atoms with van der Waals surface area (Å²) in [5, 5.41) is 11.0. The van der Waals surface area contributed by atoms with Gasteiger partial charge in [-0.2, -0.15) is 21.6 Å². The number of fused-ring (bicyclic) bond motifs is 1. The molecule has 3 rings (SSSR count). The van der Waals surface area contributed by atoms with Gasteiger partial charge in [0, 0.05) is 12.1 Å². The van der Waals surface area contributed by atoms with Crippen LogP contribution < -0.4 is 4.74 Å². The highest BCUT2D eigenvalue weighted by Crippen LogP contribution is 2.36. The Hall–Kier alpha value is -2.03. The van der Waals surface area contributed by atoms with E-state index in [4.69, 9.17) is 14.2 Å². The van der Waals surface area contributed by atoms with Gasteiger partial charge in [0.05, 0.1) is 18.1 Å². The van der Waals surface area contributed by atoms with E-state index in [0.29, 0.717) is 0 Å². The minimum Gasteiger partial charge on any atom is -0.478 e. The molecule has 0 saturated carbocycles. The van der Waals surface area contributed by atoms with Crippen molar-refractivity contribution in [3.63, 3.8) is 0 Å². The van der Waals surface area contributed by atoms with E-state index in [1.165, 1.54) is 0 Å². The van der Waals surface area contributed by atoms with Crippen molar-refractivity contribution in [1.82, 2.24) is 0 Å². The number of hydrogen-bond donors (Lipinski definition) is 0. The van der Waals surface area contributed by atoms with Crippen LogP contribution in [0.1, 0.15) is 0 Å². The van der Waals surface area contributed by atoms with Gasteiger partial charge in [-0.05, 0) is 6.07 Å². The van der Waals surface area contributed by atoms with Gasteiger partial charge in [-0.15, -0.1) is 0 Å². The first-order valence-corrected chi connectivity index (χ1v) is 8.74. The molecule has 14 heteroatoms. The first kappa shape index (κ1) is 19.7. The molecule has 1 aromatic carbocycles. The average Bonchev–Trinajstić information content (AvgIpc) is 3.10. The standard InChI is InChI=1S/C13H11F4NO8S/c14-6-1-2-7(18(19)20)8(3-6)25-9-4-23-12-10(5-24-11(9)12)26-27(21,22)13(15,16)17/h1-3,9-12H,4-5H2/t9-,10+,11+,12+/m1/s1. The summed E-state index contributed by atoms with van der Waals surface area (Å²) in [4.78, 5) is 10.2. The zero-order valence-corrected chi connectivity index (χ0v) is 13.9. The highest BCUT2D eigenvalue weighted by atomic mass is 32.2. The van der Waals surface area contributed by atoms with Crippen molar-refractivity contribution in [1.29, 1.82) is 0 Å². The molecule has 0 radical (unpaired) electrons. The molecule has 150 valence electrons. The Morgan fingerprint density at radius 2 is 1.74 bits per heavy atom. The summed E-state index contributed by atoms with van der Waals surface area (Å²) in [7, 11) is -5.86. The Morgan fingerprint density at radius 1 is 1.15 bits per heavy atom. The molecule has 0 amide bonds. The molecular weight excluding hydrogens is 406 g/mol. The van der Waals surface area contributed by atoms with Gasteiger partial charge in [0.2, 0.25) is 0 Å². The van der Waals surface area contributed by atoms with Crippen LogP contribution in [-0.2, 0) is 23.8 Å². The van der Waals surface area contributed by atoms with Gasteiger partial charge in [-0.3, -0.25) is 14.3 Å². The monoisotopic (exact) mass is 417 g/mol. The van der Waals surface area contributed by atoms with Crippen LogP contribution in [0.15, 0.2) is 18.2 Å². The molecule has 4 atom stereocenters. The third-order valence-electron chi connectivity index (χ3n) is 3.89. The molecule has 0 unspecified atom stereocenters. The fourth-order valence-electron chi connectivity index (χ4n) is 2.73. The molecule has 0 bridgehead atoms. The summed E-state index contributed by atoms with van der Waals surface area (Å²) in [5.41, 5.74) is -6.15. The molecule has 0 N–H and O–H groups in total. The fourth-order valence-corrected chi connectivity index (χ4v) is 3.33. The third-order valence-corrected chi connectivity index (χ3v) is 4.96. The normalized spacial score (nSPS) is 28.1. The molecule has 2 fully saturated rings. The number of nitrogens with zero attached hydrogens (tertiary/aromatic N) is 1. The number of hydrogen-bond acceptors (Lipinski definition) is 8. The van der Waals surface area contributed by atoms with E-state index in [-0.39, 0.29) is 6.61 Å². The van der Waals surface area contributed by atoms with Gasteiger partial charge in [0.1, 0.15) is 24.1 Å². The Kier molecular flexibility index (Phi) is 5.00. The summed E-state index contributed by atoms with van der Waals surface area (Å²) in [6.07, 6.45) is -4.88. The molecular formula is C13H11F4NO8S. The first-order chi connectivity index (χ1) is 12.5. The second kappa shape index (κ2) is 6.85. The first-order valence-electron chi connectivity index (χ1n) is 7.33. The second-order valence-corrected chi connectivity index (χ2v) is 7.22. The van der Waals surface area contributed by atoms with Gasteiger partial charge >= 0.3 is 21.3 Å². The van der Waals surface area contributed by atoms with Crippen molar-refractivity contribution < 1.29 is 49.3 Å². The SMILES string of the molecule is O=[N+]([O-])c1ccc(F)cc1O[C@@H]1CO[C@@H]2[C@H]1OC[C@@H]2OS(=O)(=O)C(F)(F)F. The Morgan fingerprint density at radius 3 is 2.33 bits per heavy atom. The quantitative estimate of drug-likeness (QED) is 0.233.